The molecule has 1 rings (SSSR count). The van der Waals surface area contributed by atoms with E-state index in [1.807, 2.05) is 30.3 Å². The van der Waals surface area contributed by atoms with Gasteiger partial charge in [0.2, 0.25) is 0 Å². The van der Waals surface area contributed by atoms with Crippen LogP contribution in [0.4, 0.5) is 0 Å². The van der Waals surface area contributed by atoms with Crippen molar-refractivity contribution in [2.24, 2.45) is 11.7 Å². The lowest BCUT2D eigenvalue weighted by atomic mass is 10.1. The SMILES string of the molecule is CC(C)CCS(=O)CC(N)c1ccccc1. The largest absolute Gasteiger partial charge is 0.323 e. The monoisotopic (exact) mass is 239 g/mol. The van der Waals surface area contributed by atoms with Crippen LogP contribution < -0.4 is 5.73 Å². The molecule has 0 saturated carbocycles. The highest BCUT2D eigenvalue weighted by atomic mass is 32.2. The predicted molar refractivity (Wildman–Crippen MR) is 70.7 cm³/mol. The van der Waals surface area contributed by atoms with Crippen molar-refractivity contribution < 1.29 is 4.21 Å². The smallest absolute Gasteiger partial charge is 0.0428 e. The zero-order valence-corrected chi connectivity index (χ0v) is 10.9. The molecule has 2 atom stereocenters. The van der Waals surface area contributed by atoms with Crippen molar-refractivity contribution >= 4 is 10.8 Å². The molecule has 3 heteroatoms. The Kier molecular flexibility index (Phi) is 5.71. The van der Waals surface area contributed by atoms with Gasteiger partial charge in [-0.1, -0.05) is 44.2 Å². The standard InChI is InChI=1S/C13H21NOS/c1-11(2)8-9-16(15)10-13(14)12-6-4-3-5-7-12/h3-7,11,13H,8-10,14H2,1-2H3. The molecule has 0 aliphatic heterocycles. The molecule has 90 valence electrons. The van der Waals surface area contributed by atoms with E-state index >= 15 is 0 Å². The first-order chi connectivity index (χ1) is 7.59. The van der Waals surface area contributed by atoms with Crippen molar-refractivity contribution in [1.82, 2.24) is 0 Å². The lowest BCUT2D eigenvalue weighted by molar-refractivity contribution is 0.617. The summed E-state index contributed by atoms with van der Waals surface area (Å²) in [5.41, 5.74) is 7.08. The van der Waals surface area contributed by atoms with E-state index in [-0.39, 0.29) is 6.04 Å². The molecule has 0 saturated heterocycles. The summed E-state index contributed by atoms with van der Waals surface area (Å²) in [6.07, 6.45) is 1.01. The van der Waals surface area contributed by atoms with Crippen LogP contribution in [0.25, 0.3) is 0 Å². The molecule has 2 unspecified atom stereocenters. The van der Waals surface area contributed by atoms with Gasteiger partial charge in [-0.3, -0.25) is 4.21 Å². The Morgan fingerprint density at radius 2 is 1.88 bits per heavy atom. The maximum atomic E-state index is 11.8. The van der Waals surface area contributed by atoms with Gasteiger partial charge in [0.1, 0.15) is 0 Å². The van der Waals surface area contributed by atoms with Crippen LogP contribution in [0.15, 0.2) is 30.3 Å². The maximum Gasteiger partial charge on any atom is 0.0428 e. The molecule has 1 aromatic carbocycles. The number of rotatable bonds is 6. The summed E-state index contributed by atoms with van der Waals surface area (Å²) in [7, 11) is -0.796. The van der Waals surface area contributed by atoms with Crippen LogP contribution >= 0.6 is 0 Å². The van der Waals surface area contributed by atoms with E-state index in [1.165, 1.54) is 0 Å². The number of benzene rings is 1. The minimum Gasteiger partial charge on any atom is -0.323 e. The molecule has 1 aromatic rings. The third-order valence-corrected chi connectivity index (χ3v) is 3.94. The molecule has 2 nitrogen and oxygen atoms in total. The molecule has 0 aliphatic carbocycles. The number of nitrogens with two attached hydrogens (primary N) is 1. The van der Waals surface area contributed by atoms with E-state index < -0.39 is 10.8 Å². The Bertz CT molecular complexity index is 324. The van der Waals surface area contributed by atoms with Crippen molar-refractivity contribution in [3.05, 3.63) is 35.9 Å². The molecule has 0 bridgehead atoms. The van der Waals surface area contributed by atoms with Gasteiger partial charge in [-0.05, 0) is 17.9 Å². The fourth-order valence-corrected chi connectivity index (χ4v) is 2.94. The van der Waals surface area contributed by atoms with Gasteiger partial charge in [-0.2, -0.15) is 0 Å². The minimum absolute atomic E-state index is 0.103. The van der Waals surface area contributed by atoms with Gasteiger partial charge in [0.05, 0.1) is 0 Å². The summed E-state index contributed by atoms with van der Waals surface area (Å²) in [5.74, 6) is 1.94. The van der Waals surface area contributed by atoms with Crippen molar-refractivity contribution in [2.75, 3.05) is 11.5 Å². The number of hydrogen-bond acceptors (Lipinski definition) is 2. The lowest BCUT2D eigenvalue weighted by Crippen LogP contribution is -2.20. The molecule has 0 spiro atoms. The lowest BCUT2D eigenvalue weighted by Gasteiger charge is -2.12. The summed E-state index contributed by atoms with van der Waals surface area (Å²) < 4.78 is 11.8. The van der Waals surface area contributed by atoms with Crippen LogP contribution in [-0.4, -0.2) is 15.7 Å². The van der Waals surface area contributed by atoms with E-state index in [1.54, 1.807) is 0 Å². The highest BCUT2D eigenvalue weighted by molar-refractivity contribution is 7.85. The molecule has 0 aliphatic rings. The van der Waals surface area contributed by atoms with Crippen molar-refractivity contribution in [3.63, 3.8) is 0 Å². The molecular weight excluding hydrogens is 218 g/mol. The Morgan fingerprint density at radius 3 is 2.44 bits per heavy atom. The molecule has 0 radical (unpaired) electrons. The van der Waals surface area contributed by atoms with Crippen LogP contribution in [-0.2, 0) is 10.8 Å². The van der Waals surface area contributed by atoms with Gasteiger partial charge in [0.25, 0.3) is 0 Å². The normalized spacial score (nSPS) is 15.0. The molecule has 0 aromatic heterocycles. The second-order valence-corrected chi connectivity index (χ2v) is 6.13. The summed E-state index contributed by atoms with van der Waals surface area (Å²) in [5, 5.41) is 0. The fourth-order valence-electron chi connectivity index (χ4n) is 1.45. The molecule has 0 heterocycles. The highest BCUT2D eigenvalue weighted by Gasteiger charge is 2.10. The Labute approximate surface area is 101 Å². The predicted octanol–water partition coefficient (Wildman–Crippen LogP) is 2.48. The average molecular weight is 239 g/mol. The Morgan fingerprint density at radius 1 is 1.25 bits per heavy atom. The van der Waals surface area contributed by atoms with Gasteiger partial charge >= 0.3 is 0 Å². The molecule has 16 heavy (non-hydrogen) atoms. The van der Waals surface area contributed by atoms with E-state index in [2.05, 4.69) is 13.8 Å². The maximum absolute atomic E-state index is 11.8. The van der Waals surface area contributed by atoms with E-state index in [4.69, 9.17) is 5.73 Å². The van der Waals surface area contributed by atoms with Crippen LogP contribution in [0.1, 0.15) is 31.9 Å². The van der Waals surface area contributed by atoms with Crippen LogP contribution in [0, 0.1) is 5.92 Å². The minimum atomic E-state index is -0.796. The van der Waals surface area contributed by atoms with E-state index in [9.17, 15) is 4.21 Å². The Balaban J connectivity index is 2.40. The van der Waals surface area contributed by atoms with Gasteiger partial charge in [-0.15, -0.1) is 0 Å². The van der Waals surface area contributed by atoms with Crippen LogP contribution in [0.3, 0.4) is 0 Å². The van der Waals surface area contributed by atoms with Crippen molar-refractivity contribution in [1.29, 1.82) is 0 Å². The van der Waals surface area contributed by atoms with E-state index in [0.29, 0.717) is 11.7 Å². The third kappa shape index (κ3) is 4.90. The summed E-state index contributed by atoms with van der Waals surface area (Å²) >= 11 is 0. The fraction of sp³-hybridized carbons (Fsp3) is 0.538. The van der Waals surface area contributed by atoms with E-state index in [0.717, 1.165) is 17.7 Å². The van der Waals surface area contributed by atoms with Gasteiger partial charge < -0.3 is 5.73 Å². The van der Waals surface area contributed by atoms with Crippen molar-refractivity contribution in [3.8, 4) is 0 Å². The number of hydrogen-bond donors (Lipinski definition) is 1. The third-order valence-electron chi connectivity index (χ3n) is 2.52. The summed E-state index contributed by atoms with van der Waals surface area (Å²) in [6, 6.07) is 9.77. The quantitative estimate of drug-likeness (QED) is 0.828. The average Bonchev–Trinajstić information content (AvgIpc) is 2.27. The molecule has 2 N–H and O–H groups in total. The summed E-state index contributed by atoms with van der Waals surface area (Å²) in [6.45, 7) is 4.29. The molecular formula is C13H21NOS. The zero-order valence-electron chi connectivity index (χ0n) is 10.1. The van der Waals surface area contributed by atoms with Crippen LogP contribution in [0.2, 0.25) is 0 Å². The van der Waals surface area contributed by atoms with Gasteiger partial charge in [-0.25, -0.2) is 0 Å². The van der Waals surface area contributed by atoms with Crippen LogP contribution in [0.5, 0.6) is 0 Å². The summed E-state index contributed by atoms with van der Waals surface area (Å²) in [4.78, 5) is 0. The highest BCUT2D eigenvalue weighted by Crippen LogP contribution is 2.11. The first kappa shape index (κ1) is 13.4. The second-order valence-electron chi connectivity index (χ2n) is 4.51. The molecule has 0 amide bonds. The van der Waals surface area contributed by atoms with Gasteiger partial charge in [0.15, 0.2) is 0 Å². The topological polar surface area (TPSA) is 43.1 Å². The Hall–Kier alpha value is -0.670. The van der Waals surface area contributed by atoms with Gasteiger partial charge in [0, 0.05) is 28.3 Å². The first-order valence-corrected chi connectivity index (χ1v) is 7.24. The second kappa shape index (κ2) is 6.81. The molecule has 0 fully saturated rings. The van der Waals surface area contributed by atoms with Crippen molar-refractivity contribution in [2.45, 2.75) is 26.3 Å². The first-order valence-electron chi connectivity index (χ1n) is 5.75. The zero-order chi connectivity index (χ0) is 12.0.